The Morgan fingerprint density at radius 1 is 1.30 bits per heavy atom. The number of rotatable bonds is 4. The van der Waals surface area contributed by atoms with Gasteiger partial charge in [-0.25, -0.2) is 13.2 Å². The maximum Gasteiger partial charge on any atom is 0.407 e. The highest BCUT2D eigenvalue weighted by Crippen LogP contribution is 2.42. The van der Waals surface area contributed by atoms with Crippen molar-refractivity contribution in [3.63, 3.8) is 0 Å². The van der Waals surface area contributed by atoms with Gasteiger partial charge in [0.1, 0.15) is 5.60 Å². The van der Waals surface area contributed by atoms with E-state index >= 15 is 0 Å². The molecular formula is C19H24ClN3O5S2. The number of hydrogen-bond acceptors (Lipinski definition) is 6. The Balaban J connectivity index is 1.72. The van der Waals surface area contributed by atoms with Crippen molar-refractivity contribution in [1.29, 1.82) is 0 Å². The third-order valence-corrected chi connectivity index (χ3v) is 7.94. The average molecular weight is 474 g/mol. The second-order valence-corrected chi connectivity index (χ2v) is 11.9. The van der Waals surface area contributed by atoms with Crippen LogP contribution in [-0.4, -0.2) is 60.5 Å². The molecule has 8 nitrogen and oxygen atoms in total. The Kier molecular flexibility index (Phi) is 6.69. The number of carbonyl (C=O) groups is 2. The summed E-state index contributed by atoms with van der Waals surface area (Å²) in [4.78, 5) is 30.0. The number of alkyl carbamates (subject to hydrolysis) is 1. The molecule has 2 amide bonds. The first kappa shape index (κ1) is 22.9. The number of amidine groups is 1. The number of hydrogen-bond donors (Lipinski definition) is 1. The van der Waals surface area contributed by atoms with Gasteiger partial charge in [0.25, 0.3) is 0 Å². The Hall–Kier alpha value is -1.78. The van der Waals surface area contributed by atoms with Gasteiger partial charge < -0.3 is 15.0 Å². The van der Waals surface area contributed by atoms with E-state index in [0.717, 1.165) is 0 Å². The predicted molar refractivity (Wildman–Crippen MR) is 119 cm³/mol. The van der Waals surface area contributed by atoms with Gasteiger partial charge >= 0.3 is 6.09 Å². The van der Waals surface area contributed by atoms with Crippen LogP contribution in [0, 0.1) is 0 Å². The molecule has 0 radical (unpaired) electrons. The molecule has 2 heterocycles. The van der Waals surface area contributed by atoms with Crippen LogP contribution in [0.1, 0.15) is 27.2 Å². The second-order valence-electron chi connectivity index (χ2n) is 8.09. The number of fused-ring (bicyclic) bond motifs is 1. The average Bonchev–Trinajstić information content (AvgIpc) is 3.05. The fourth-order valence-corrected chi connectivity index (χ4v) is 7.39. The highest BCUT2D eigenvalue weighted by molar-refractivity contribution is 8.16. The fraction of sp³-hybridized carbons (Fsp3) is 0.526. The summed E-state index contributed by atoms with van der Waals surface area (Å²) in [6.07, 6.45) is -0.608. The van der Waals surface area contributed by atoms with Gasteiger partial charge in [-0.3, -0.25) is 4.79 Å². The van der Waals surface area contributed by atoms with Crippen LogP contribution in [0.4, 0.5) is 10.5 Å². The SMILES string of the molecule is CC(C)(C)OC(=O)NCCC(=O)N=C1S[C@H]2CS(=O)(=O)C[C@@H]2N1c1ccccc1Cl. The van der Waals surface area contributed by atoms with E-state index in [2.05, 4.69) is 10.3 Å². The molecule has 0 aromatic heterocycles. The van der Waals surface area contributed by atoms with Crippen molar-refractivity contribution in [3.05, 3.63) is 29.3 Å². The minimum atomic E-state index is -3.16. The van der Waals surface area contributed by atoms with Crippen molar-refractivity contribution in [2.24, 2.45) is 4.99 Å². The minimum Gasteiger partial charge on any atom is -0.444 e. The molecule has 2 atom stereocenters. The molecule has 0 aliphatic carbocycles. The first-order chi connectivity index (χ1) is 14.0. The number of para-hydroxylation sites is 1. The predicted octanol–water partition coefficient (Wildman–Crippen LogP) is 2.86. The van der Waals surface area contributed by atoms with E-state index in [0.29, 0.717) is 15.9 Å². The highest BCUT2D eigenvalue weighted by Gasteiger charge is 2.49. The van der Waals surface area contributed by atoms with Gasteiger partial charge in [0, 0.05) is 18.2 Å². The number of nitrogens with zero attached hydrogens (tertiary/aromatic N) is 2. The lowest BCUT2D eigenvalue weighted by molar-refractivity contribution is -0.117. The van der Waals surface area contributed by atoms with E-state index in [1.165, 1.54) is 11.8 Å². The molecule has 0 saturated carbocycles. The molecule has 11 heteroatoms. The van der Waals surface area contributed by atoms with Crippen LogP contribution in [0.3, 0.4) is 0 Å². The van der Waals surface area contributed by atoms with E-state index in [9.17, 15) is 18.0 Å². The Morgan fingerprint density at radius 2 is 2.00 bits per heavy atom. The van der Waals surface area contributed by atoms with E-state index < -0.39 is 27.4 Å². The molecule has 2 aliphatic rings. The maximum absolute atomic E-state index is 12.4. The second kappa shape index (κ2) is 8.76. The summed E-state index contributed by atoms with van der Waals surface area (Å²) in [5.41, 5.74) is -0.00255. The molecule has 0 unspecified atom stereocenters. The van der Waals surface area contributed by atoms with Gasteiger partial charge in [0.15, 0.2) is 15.0 Å². The summed E-state index contributed by atoms with van der Waals surface area (Å²) in [5, 5.41) is 3.19. The molecule has 1 N–H and O–H groups in total. The Morgan fingerprint density at radius 3 is 2.67 bits per heavy atom. The van der Waals surface area contributed by atoms with Crippen LogP contribution in [0.15, 0.2) is 29.3 Å². The summed E-state index contributed by atoms with van der Waals surface area (Å²) in [6.45, 7) is 5.34. The molecule has 1 aromatic carbocycles. The first-order valence-corrected chi connectivity index (χ1v) is 12.5. The van der Waals surface area contributed by atoms with E-state index in [1.54, 1.807) is 49.9 Å². The summed E-state index contributed by atoms with van der Waals surface area (Å²) < 4.78 is 29.3. The number of sulfone groups is 1. The number of benzene rings is 1. The molecule has 2 saturated heterocycles. The Bertz CT molecular complexity index is 975. The number of anilines is 1. The van der Waals surface area contributed by atoms with E-state index in [-0.39, 0.29) is 35.8 Å². The van der Waals surface area contributed by atoms with Gasteiger partial charge in [0.2, 0.25) is 5.91 Å². The van der Waals surface area contributed by atoms with Crippen molar-refractivity contribution in [2.45, 2.75) is 44.1 Å². The quantitative estimate of drug-likeness (QED) is 0.716. The van der Waals surface area contributed by atoms with Crippen molar-refractivity contribution >= 4 is 56.1 Å². The van der Waals surface area contributed by atoms with Gasteiger partial charge in [-0.1, -0.05) is 35.5 Å². The van der Waals surface area contributed by atoms with Crippen molar-refractivity contribution in [2.75, 3.05) is 23.0 Å². The zero-order valence-electron chi connectivity index (χ0n) is 16.9. The monoisotopic (exact) mass is 473 g/mol. The lowest BCUT2D eigenvalue weighted by Gasteiger charge is -2.25. The lowest BCUT2D eigenvalue weighted by Crippen LogP contribution is -2.38. The van der Waals surface area contributed by atoms with Crippen LogP contribution in [0.2, 0.25) is 5.02 Å². The fourth-order valence-electron chi connectivity index (χ4n) is 3.24. The number of carbonyl (C=O) groups excluding carboxylic acids is 2. The highest BCUT2D eigenvalue weighted by atomic mass is 35.5. The number of thioether (sulfide) groups is 1. The first-order valence-electron chi connectivity index (χ1n) is 9.44. The van der Waals surface area contributed by atoms with Crippen LogP contribution < -0.4 is 10.2 Å². The molecule has 0 spiro atoms. The van der Waals surface area contributed by atoms with E-state index in [4.69, 9.17) is 16.3 Å². The third-order valence-electron chi connectivity index (χ3n) is 4.41. The van der Waals surface area contributed by atoms with Gasteiger partial charge in [-0.15, -0.1) is 0 Å². The van der Waals surface area contributed by atoms with Gasteiger partial charge in [-0.2, -0.15) is 4.99 Å². The summed E-state index contributed by atoms with van der Waals surface area (Å²) in [6, 6.07) is 6.74. The maximum atomic E-state index is 12.4. The van der Waals surface area contributed by atoms with Crippen molar-refractivity contribution in [1.82, 2.24) is 5.32 Å². The number of aliphatic imine (C=N–C) groups is 1. The molecule has 2 aliphatic heterocycles. The van der Waals surface area contributed by atoms with Crippen LogP contribution in [0.5, 0.6) is 0 Å². The third kappa shape index (κ3) is 5.67. The standard InChI is InChI=1S/C19H24ClN3O5S2/c1-19(2,3)28-18(25)21-9-8-16(24)22-17-23(13-7-5-4-6-12(13)20)14-10-30(26,27)11-15(14)29-17/h4-7,14-15H,8-11H2,1-3H3,(H,21,25)/t14-,15-/m0/s1. The normalized spacial score (nSPS) is 24.0. The molecular weight excluding hydrogens is 450 g/mol. The van der Waals surface area contributed by atoms with Crippen molar-refractivity contribution in [3.8, 4) is 0 Å². The summed E-state index contributed by atoms with van der Waals surface area (Å²) in [5.74, 6) is -0.395. The van der Waals surface area contributed by atoms with Crippen LogP contribution in [-0.2, 0) is 19.4 Å². The molecule has 30 heavy (non-hydrogen) atoms. The van der Waals surface area contributed by atoms with Gasteiger partial charge in [0.05, 0.1) is 28.3 Å². The minimum absolute atomic E-state index is 0.00665. The largest absolute Gasteiger partial charge is 0.444 e. The number of halogens is 1. The molecule has 2 fully saturated rings. The number of nitrogens with one attached hydrogen (secondary N) is 1. The van der Waals surface area contributed by atoms with Crippen LogP contribution in [0.25, 0.3) is 0 Å². The molecule has 3 rings (SSSR count). The molecule has 0 bridgehead atoms. The lowest BCUT2D eigenvalue weighted by atomic mass is 10.2. The van der Waals surface area contributed by atoms with Crippen LogP contribution >= 0.6 is 23.4 Å². The zero-order valence-corrected chi connectivity index (χ0v) is 19.3. The Labute approximate surface area is 185 Å². The molecule has 1 aromatic rings. The smallest absolute Gasteiger partial charge is 0.407 e. The van der Waals surface area contributed by atoms with Crippen molar-refractivity contribution < 1.29 is 22.7 Å². The summed E-state index contributed by atoms with van der Waals surface area (Å²) in [7, 11) is -3.16. The molecule has 164 valence electrons. The zero-order chi connectivity index (χ0) is 22.1. The van der Waals surface area contributed by atoms with E-state index in [1.807, 2.05) is 0 Å². The number of amides is 2. The van der Waals surface area contributed by atoms with Gasteiger partial charge in [-0.05, 0) is 32.9 Å². The topological polar surface area (TPSA) is 105 Å². The summed E-state index contributed by atoms with van der Waals surface area (Å²) >= 11 is 7.61. The number of ether oxygens (including phenoxy) is 1.